The normalized spacial score (nSPS) is 21.7. The maximum Gasteiger partial charge on any atom is 0.131 e. The number of likely N-dealkylation sites (tertiary alicyclic amines) is 1. The molecule has 0 N–H and O–H groups in total. The molecule has 3 rings (SSSR count). The fourth-order valence-corrected chi connectivity index (χ4v) is 4.20. The van der Waals surface area contributed by atoms with Crippen LogP contribution in [0, 0.1) is 5.82 Å². The Bertz CT molecular complexity index is 824. The highest BCUT2D eigenvalue weighted by molar-refractivity contribution is 5.79. The summed E-state index contributed by atoms with van der Waals surface area (Å²) in [5.41, 5.74) is 3.51. The second-order valence-corrected chi connectivity index (χ2v) is 7.98. The Balaban J connectivity index is 1.79. The summed E-state index contributed by atoms with van der Waals surface area (Å²) in [5, 5.41) is 0. The third kappa shape index (κ3) is 5.18. The van der Waals surface area contributed by atoms with Gasteiger partial charge in [-0.1, -0.05) is 19.1 Å². The first-order chi connectivity index (χ1) is 14.0. The first-order valence-electron chi connectivity index (χ1n) is 10.6. The standard InChI is InChI=1S/C25H33FN2O/c1-5-22(23-18-21(29-4)11-12-24(23)26)25-17-20(13-16-27(25)3)10-8-15-28-14-7-6-9-19(28)2/h5,11-13,16-19H,1,6-10,14-15H2,2-4H3/b25-22+. The molecule has 2 heterocycles. The lowest BCUT2D eigenvalue weighted by atomic mass is 9.97. The van der Waals surface area contributed by atoms with Crippen LogP contribution in [0.3, 0.4) is 0 Å². The highest BCUT2D eigenvalue weighted by Gasteiger charge is 2.19. The summed E-state index contributed by atoms with van der Waals surface area (Å²) in [6.45, 7) is 8.65. The number of methoxy groups -OCH3 is 1. The van der Waals surface area contributed by atoms with Gasteiger partial charge in [0.2, 0.25) is 0 Å². The molecular formula is C25H33FN2O. The Morgan fingerprint density at radius 3 is 2.90 bits per heavy atom. The fraction of sp³-hybridized carbons (Fsp3) is 0.440. The van der Waals surface area contributed by atoms with Crippen LogP contribution < -0.4 is 4.74 Å². The Hall–Kier alpha value is -2.33. The van der Waals surface area contributed by atoms with Gasteiger partial charge in [-0.2, -0.15) is 0 Å². The number of allylic oxidation sites excluding steroid dienone is 5. The molecule has 1 unspecified atom stereocenters. The quantitative estimate of drug-likeness (QED) is 0.582. The molecule has 4 heteroatoms. The maximum atomic E-state index is 14.6. The summed E-state index contributed by atoms with van der Waals surface area (Å²) in [6, 6.07) is 5.51. The Kier molecular flexibility index (Phi) is 7.32. The zero-order valence-corrected chi connectivity index (χ0v) is 18.0. The van der Waals surface area contributed by atoms with Crippen LogP contribution in [-0.2, 0) is 0 Å². The first kappa shape index (κ1) is 21.4. The van der Waals surface area contributed by atoms with E-state index in [1.165, 1.54) is 37.4 Å². The van der Waals surface area contributed by atoms with Gasteiger partial charge >= 0.3 is 0 Å². The average Bonchev–Trinajstić information content (AvgIpc) is 2.73. The molecule has 1 fully saturated rings. The van der Waals surface area contributed by atoms with Gasteiger partial charge < -0.3 is 14.5 Å². The zero-order chi connectivity index (χ0) is 20.8. The number of piperidine rings is 1. The number of rotatable bonds is 7. The summed E-state index contributed by atoms with van der Waals surface area (Å²) in [7, 11) is 3.57. The highest BCUT2D eigenvalue weighted by Crippen LogP contribution is 2.31. The van der Waals surface area contributed by atoms with Crippen molar-refractivity contribution >= 4 is 5.57 Å². The summed E-state index contributed by atoms with van der Waals surface area (Å²) in [6.07, 6.45) is 14.2. The summed E-state index contributed by atoms with van der Waals surface area (Å²) < 4.78 is 19.9. The van der Waals surface area contributed by atoms with Crippen LogP contribution >= 0.6 is 0 Å². The summed E-state index contributed by atoms with van der Waals surface area (Å²) >= 11 is 0. The van der Waals surface area contributed by atoms with Crippen molar-refractivity contribution < 1.29 is 9.13 Å². The molecular weight excluding hydrogens is 363 g/mol. The van der Waals surface area contributed by atoms with Crippen LogP contribution in [0.4, 0.5) is 4.39 Å². The van der Waals surface area contributed by atoms with E-state index in [1.54, 1.807) is 25.3 Å². The molecule has 0 aliphatic carbocycles. The van der Waals surface area contributed by atoms with E-state index >= 15 is 0 Å². The number of nitrogens with zero attached hydrogens (tertiary/aromatic N) is 2. The average molecular weight is 397 g/mol. The smallest absolute Gasteiger partial charge is 0.131 e. The minimum Gasteiger partial charge on any atom is -0.497 e. The molecule has 0 amide bonds. The molecule has 1 saturated heterocycles. The Morgan fingerprint density at radius 1 is 1.34 bits per heavy atom. The first-order valence-corrected chi connectivity index (χ1v) is 10.6. The van der Waals surface area contributed by atoms with Crippen molar-refractivity contribution in [2.24, 2.45) is 0 Å². The number of likely N-dealkylation sites (N-methyl/N-ethyl adjacent to an activating group) is 1. The van der Waals surface area contributed by atoms with E-state index < -0.39 is 0 Å². The molecule has 0 saturated carbocycles. The van der Waals surface area contributed by atoms with Crippen molar-refractivity contribution in [2.75, 3.05) is 27.2 Å². The molecule has 0 bridgehead atoms. The maximum absolute atomic E-state index is 14.6. The van der Waals surface area contributed by atoms with Gasteiger partial charge in [0.1, 0.15) is 11.6 Å². The number of ether oxygens (including phenoxy) is 1. The number of benzene rings is 1. The van der Waals surface area contributed by atoms with Gasteiger partial charge in [-0.05, 0) is 81.6 Å². The van der Waals surface area contributed by atoms with Crippen LogP contribution in [0.5, 0.6) is 5.75 Å². The molecule has 29 heavy (non-hydrogen) atoms. The van der Waals surface area contributed by atoms with Crippen LogP contribution in [0.25, 0.3) is 5.57 Å². The predicted octanol–water partition coefficient (Wildman–Crippen LogP) is 5.77. The van der Waals surface area contributed by atoms with Gasteiger partial charge in [-0.15, -0.1) is 0 Å². The predicted molar refractivity (Wildman–Crippen MR) is 119 cm³/mol. The molecule has 1 aromatic rings. The largest absolute Gasteiger partial charge is 0.497 e. The van der Waals surface area contributed by atoms with Crippen molar-refractivity contribution in [3.8, 4) is 5.75 Å². The van der Waals surface area contributed by atoms with Gasteiger partial charge in [-0.3, -0.25) is 0 Å². The number of hydrogen-bond donors (Lipinski definition) is 0. The Labute approximate surface area is 174 Å². The second-order valence-electron chi connectivity index (χ2n) is 7.98. The van der Waals surface area contributed by atoms with E-state index in [9.17, 15) is 4.39 Å². The minimum absolute atomic E-state index is 0.273. The van der Waals surface area contributed by atoms with Crippen molar-refractivity contribution in [1.29, 1.82) is 0 Å². The molecule has 2 aliphatic heterocycles. The molecule has 2 aliphatic rings. The van der Waals surface area contributed by atoms with E-state index in [-0.39, 0.29) is 5.82 Å². The molecule has 1 aromatic carbocycles. The number of hydrogen-bond acceptors (Lipinski definition) is 3. The van der Waals surface area contributed by atoms with Crippen molar-refractivity contribution in [3.05, 3.63) is 71.9 Å². The van der Waals surface area contributed by atoms with E-state index in [2.05, 4.69) is 36.8 Å². The molecule has 0 radical (unpaired) electrons. The minimum atomic E-state index is -0.273. The van der Waals surface area contributed by atoms with Gasteiger partial charge in [-0.25, -0.2) is 4.39 Å². The van der Waals surface area contributed by atoms with Crippen molar-refractivity contribution in [1.82, 2.24) is 9.80 Å². The van der Waals surface area contributed by atoms with Crippen LogP contribution in [-0.4, -0.2) is 43.1 Å². The van der Waals surface area contributed by atoms with E-state index in [4.69, 9.17) is 4.74 Å². The van der Waals surface area contributed by atoms with Gasteiger partial charge in [0.05, 0.1) is 7.11 Å². The molecule has 156 valence electrons. The summed E-state index contributed by atoms with van der Waals surface area (Å²) in [5.74, 6) is 0.361. The lowest BCUT2D eigenvalue weighted by molar-refractivity contribution is 0.159. The third-order valence-corrected chi connectivity index (χ3v) is 6.01. The van der Waals surface area contributed by atoms with Crippen molar-refractivity contribution in [3.63, 3.8) is 0 Å². The SMILES string of the molecule is C=C/C(=C1/C=C(CCCN2CCCCC2C)C=CN1C)c1cc(OC)ccc1F. The van der Waals surface area contributed by atoms with Gasteiger partial charge in [0.15, 0.2) is 0 Å². The van der Waals surface area contributed by atoms with Crippen LogP contribution in [0.2, 0.25) is 0 Å². The molecule has 3 nitrogen and oxygen atoms in total. The van der Waals surface area contributed by atoms with E-state index in [1.807, 2.05) is 11.9 Å². The van der Waals surface area contributed by atoms with E-state index in [0.29, 0.717) is 17.4 Å². The monoisotopic (exact) mass is 396 g/mol. The number of halogens is 1. The Morgan fingerprint density at radius 2 is 2.17 bits per heavy atom. The lowest BCUT2D eigenvalue weighted by Gasteiger charge is -2.33. The molecule has 1 atom stereocenters. The van der Waals surface area contributed by atoms with Gasteiger partial charge in [0.25, 0.3) is 0 Å². The van der Waals surface area contributed by atoms with Gasteiger partial charge in [0, 0.05) is 36.1 Å². The zero-order valence-electron chi connectivity index (χ0n) is 18.0. The second kappa shape index (κ2) is 9.93. The molecule has 0 spiro atoms. The third-order valence-electron chi connectivity index (χ3n) is 6.01. The van der Waals surface area contributed by atoms with Crippen LogP contribution in [0.15, 0.2) is 60.5 Å². The van der Waals surface area contributed by atoms with Crippen LogP contribution in [0.1, 0.15) is 44.6 Å². The lowest BCUT2D eigenvalue weighted by Crippen LogP contribution is -2.38. The van der Waals surface area contributed by atoms with Crippen molar-refractivity contribution in [2.45, 2.75) is 45.1 Å². The highest BCUT2D eigenvalue weighted by atomic mass is 19.1. The summed E-state index contributed by atoms with van der Waals surface area (Å²) in [4.78, 5) is 4.63. The molecule has 0 aromatic heterocycles. The topological polar surface area (TPSA) is 15.7 Å². The van der Waals surface area contributed by atoms with E-state index in [0.717, 1.165) is 30.7 Å². The fourth-order valence-electron chi connectivity index (χ4n) is 4.20.